The summed E-state index contributed by atoms with van der Waals surface area (Å²) < 4.78 is 56.6. The third-order valence-corrected chi connectivity index (χ3v) is 7.02. The average Bonchev–Trinajstić information content (AvgIpc) is 3.17. The summed E-state index contributed by atoms with van der Waals surface area (Å²) in [5.74, 6) is -0.856. The fourth-order valence-electron chi connectivity index (χ4n) is 3.26. The summed E-state index contributed by atoms with van der Waals surface area (Å²) in [6.07, 6.45) is 0. The first-order valence-electron chi connectivity index (χ1n) is 9.39. The lowest BCUT2D eigenvalue weighted by molar-refractivity contribution is -0.0500. The van der Waals surface area contributed by atoms with E-state index in [1.165, 1.54) is 36.4 Å². The summed E-state index contributed by atoms with van der Waals surface area (Å²) in [5.41, 5.74) is 4.04. The van der Waals surface area contributed by atoms with Gasteiger partial charge in [0.25, 0.3) is 15.9 Å². The summed E-state index contributed by atoms with van der Waals surface area (Å²) in [4.78, 5) is 12.4. The first-order valence-corrected chi connectivity index (χ1v) is 11.6. The Morgan fingerprint density at radius 3 is 2.45 bits per heavy atom. The first-order chi connectivity index (χ1) is 15.7. The van der Waals surface area contributed by atoms with Crippen LogP contribution in [0.1, 0.15) is 15.9 Å². The van der Waals surface area contributed by atoms with Crippen molar-refractivity contribution in [2.24, 2.45) is 0 Å². The van der Waals surface area contributed by atoms with Gasteiger partial charge in [-0.25, -0.2) is 5.43 Å². The lowest BCUT2D eigenvalue weighted by Crippen LogP contribution is -2.38. The Hall–Kier alpha value is -2.92. The van der Waals surface area contributed by atoms with Gasteiger partial charge in [-0.15, -0.1) is 0 Å². The van der Waals surface area contributed by atoms with Crippen molar-refractivity contribution in [3.63, 3.8) is 0 Å². The minimum absolute atomic E-state index is 0.0831. The summed E-state index contributed by atoms with van der Waals surface area (Å²) in [7, 11) is -4.18. The van der Waals surface area contributed by atoms with Gasteiger partial charge in [0.2, 0.25) is 0 Å². The van der Waals surface area contributed by atoms with Crippen LogP contribution in [0.2, 0.25) is 10.0 Å². The van der Waals surface area contributed by atoms with Crippen molar-refractivity contribution in [1.82, 2.24) is 5.43 Å². The zero-order chi connectivity index (χ0) is 23.8. The number of hydrogen-bond acceptors (Lipinski definition) is 5. The Labute approximate surface area is 197 Å². The molecular formula is C21H15Cl2F2N3O4S. The van der Waals surface area contributed by atoms with Gasteiger partial charge in [0, 0.05) is 18.3 Å². The number of carbonyl (C=O) groups is 1. The number of fused-ring (bicyclic) bond motifs is 1. The van der Waals surface area contributed by atoms with Crippen molar-refractivity contribution in [2.75, 3.05) is 9.73 Å². The van der Waals surface area contributed by atoms with E-state index >= 15 is 0 Å². The van der Waals surface area contributed by atoms with E-state index in [1.807, 2.05) is 0 Å². The molecule has 172 valence electrons. The molecule has 7 nitrogen and oxygen atoms in total. The zero-order valence-corrected chi connectivity index (χ0v) is 18.9. The molecule has 12 heteroatoms. The fraction of sp³-hybridized carbons (Fsp3) is 0.0952. The standard InChI is InChI=1S/C21H15Cl2F2N3O4S/c22-16-5-2-6-17(23)19(16)20(29)27-13-8-7-12-11-26-28(18(12)9-13)33(30,31)15-4-1-3-14(10-15)32-21(24)25/h1-10,21,26H,11H2,(H,27,29). The number of rotatable bonds is 6. The second-order valence-corrected chi connectivity index (χ2v) is 9.45. The van der Waals surface area contributed by atoms with Gasteiger partial charge >= 0.3 is 6.61 Å². The number of alkyl halides is 2. The van der Waals surface area contributed by atoms with E-state index < -0.39 is 22.5 Å². The average molecular weight is 514 g/mol. The molecule has 0 unspecified atom stereocenters. The van der Waals surface area contributed by atoms with E-state index in [1.54, 1.807) is 18.2 Å². The van der Waals surface area contributed by atoms with Gasteiger partial charge in [-0.1, -0.05) is 41.4 Å². The van der Waals surface area contributed by atoms with E-state index in [0.717, 1.165) is 10.5 Å². The molecule has 0 spiro atoms. The minimum Gasteiger partial charge on any atom is -0.435 e. The fourth-order valence-corrected chi connectivity index (χ4v) is 5.22. The number of benzene rings is 3. The monoisotopic (exact) mass is 513 g/mol. The summed E-state index contributed by atoms with van der Waals surface area (Å²) in [6, 6.07) is 14.2. The second-order valence-electron chi connectivity index (χ2n) is 6.85. The molecule has 0 aromatic heterocycles. The third kappa shape index (κ3) is 4.74. The van der Waals surface area contributed by atoms with E-state index in [2.05, 4.69) is 15.5 Å². The van der Waals surface area contributed by atoms with Gasteiger partial charge < -0.3 is 10.1 Å². The SMILES string of the molecule is O=C(Nc1ccc2c(c1)N(S(=O)(=O)c1cccc(OC(F)F)c1)NC2)c1c(Cl)cccc1Cl. The number of halogens is 4. The molecule has 2 N–H and O–H groups in total. The highest BCUT2D eigenvalue weighted by molar-refractivity contribution is 7.92. The molecular weight excluding hydrogens is 499 g/mol. The van der Waals surface area contributed by atoms with E-state index in [0.29, 0.717) is 11.3 Å². The van der Waals surface area contributed by atoms with Crippen molar-refractivity contribution in [3.05, 3.63) is 81.8 Å². The molecule has 1 aliphatic heterocycles. The molecule has 0 fully saturated rings. The van der Waals surface area contributed by atoms with Crippen LogP contribution >= 0.6 is 23.2 Å². The number of hydrazine groups is 1. The van der Waals surface area contributed by atoms with Gasteiger partial charge in [0.15, 0.2) is 0 Å². The van der Waals surface area contributed by atoms with Crippen LogP contribution in [0, 0.1) is 0 Å². The van der Waals surface area contributed by atoms with Crippen LogP contribution in [0.25, 0.3) is 0 Å². The Kier molecular flexibility index (Phi) is 6.44. The maximum Gasteiger partial charge on any atom is 0.387 e. The van der Waals surface area contributed by atoms with Gasteiger partial charge in [-0.2, -0.15) is 21.6 Å². The van der Waals surface area contributed by atoms with Crippen molar-refractivity contribution in [1.29, 1.82) is 0 Å². The Bertz CT molecular complexity index is 1320. The first kappa shape index (κ1) is 23.2. The summed E-state index contributed by atoms with van der Waals surface area (Å²) in [6.45, 7) is -2.89. The minimum atomic E-state index is -4.18. The van der Waals surface area contributed by atoms with Crippen LogP contribution in [-0.4, -0.2) is 20.9 Å². The van der Waals surface area contributed by atoms with Crippen LogP contribution in [0.15, 0.2) is 65.6 Å². The van der Waals surface area contributed by atoms with Crippen molar-refractivity contribution in [3.8, 4) is 5.75 Å². The molecule has 33 heavy (non-hydrogen) atoms. The number of anilines is 2. The van der Waals surface area contributed by atoms with Crippen molar-refractivity contribution < 1.29 is 26.7 Å². The van der Waals surface area contributed by atoms with E-state index in [4.69, 9.17) is 23.2 Å². The van der Waals surface area contributed by atoms with Crippen LogP contribution in [0.5, 0.6) is 5.75 Å². The summed E-state index contributed by atoms with van der Waals surface area (Å²) >= 11 is 12.2. The molecule has 1 heterocycles. The van der Waals surface area contributed by atoms with Crippen LogP contribution < -0.4 is 19.9 Å². The quantitative estimate of drug-likeness (QED) is 0.480. The molecule has 0 atom stereocenters. The summed E-state index contributed by atoms with van der Waals surface area (Å²) in [5, 5.41) is 2.98. The van der Waals surface area contributed by atoms with Crippen LogP contribution in [0.3, 0.4) is 0 Å². The van der Waals surface area contributed by atoms with Gasteiger partial charge in [-0.05, 0) is 42.0 Å². The predicted octanol–water partition coefficient (Wildman–Crippen LogP) is 5.06. The number of hydrogen-bond donors (Lipinski definition) is 2. The largest absolute Gasteiger partial charge is 0.435 e. The molecule has 1 amide bonds. The molecule has 0 saturated carbocycles. The molecule has 0 saturated heterocycles. The second kappa shape index (κ2) is 9.14. The number of ether oxygens (including phenoxy) is 1. The van der Waals surface area contributed by atoms with Gasteiger partial charge in [0.05, 0.1) is 26.2 Å². The molecule has 3 aromatic rings. The highest BCUT2D eigenvalue weighted by Crippen LogP contribution is 2.34. The topological polar surface area (TPSA) is 87.7 Å². The highest BCUT2D eigenvalue weighted by atomic mass is 35.5. The number of amides is 1. The molecule has 3 aromatic carbocycles. The van der Waals surface area contributed by atoms with Crippen LogP contribution in [0.4, 0.5) is 20.2 Å². The number of nitrogens with zero attached hydrogens (tertiary/aromatic N) is 1. The van der Waals surface area contributed by atoms with E-state index in [9.17, 15) is 22.0 Å². The maximum atomic E-state index is 13.2. The lowest BCUT2D eigenvalue weighted by atomic mass is 10.1. The van der Waals surface area contributed by atoms with Crippen LogP contribution in [-0.2, 0) is 16.6 Å². The number of nitrogens with one attached hydrogen (secondary N) is 2. The molecule has 4 rings (SSSR count). The normalized spacial score (nSPS) is 13.2. The van der Waals surface area contributed by atoms with Crippen molar-refractivity contribution >= 4 is 50.5 Å². The zero-order valence-electron chi connectivity index (χ0n) is 16.6. The van der Waals surface area contributed by atoms with E-state index in [-0.39, 0.29) is 38.5 Å². The predicted molar refractivity (Wildman–Crippen MR) is 120 cm³/mol. The number of carbonyl (C=O) groups excluding carboxylic acids is 1. The lowest BCUT2D eigenvalue weighted by Gasteiger charge is -2.20. The van der Waals surface area contributed by atoms with Gasteiger partial charge in [0.1, 0.15) is 5.75 Å². The van der Waals surface area contributed by atoms with Crippen molar-refractivity contribution in [2.45, 2.75) is 18.1 Å². The number of sulfonamides is 1. The third-order valence-electron chi connectivity index (χ3n) is 4.73. The van der Waals surface area contributed by atoms with Gasteiger partial charge in [-0.3, -0.25) is 4.79 Å². The molecule has 0 radical (unpaired) electrons. The highest BCUT2D eigenvalue weighted by Gasteiger charge is 2.32. The Morgan fingerprint density at radius 2 is 1.76 bits per heavy atom. The Balaban J connectivity index is 1.63. The maximum absolute atomic E-state index is 13.2. The molecule has 0 bridgehead atoms. The smallest absolute Gasteiger partial charge is 0.387 e. The molecule has 1 aliphatic rings. The Morgan fingerprint density at radius 1 is 1.06 bits per heavy atom. The molecule has 0 aliphatic carbocycles.